The van der Waals surface area contributed by atoms with Gasteiger partial charge in [0, 0.05) is 19.1 Å². The number of ether oxygens (including phenoxy) is 1. The summed E-state index contributed by atoms with van der Waals surface area (Å²) in [5.74, 6) is -0.275. The molecule has 1 aliphatic heterocycles. The van der Waals surface area contributed by atoms with E-state index in [0.717, 1.165) is 32.1 Å². The van der Waals surface area contributed by atoms with Crippen molar-refractivity contribution in [3.8, 4) is 0 Å². The highest BCUT2D eigenvalue weighted by atomic mass is 16.5. The zero-order chi connectivity index (χ0) is 14.5. The van der Waals surface area contributed by atoms with E-state index in [0.29, 0.717) is 31.5 Å². The summed E-state index contributed by atoms with van der Waals surface area (Å²) in [6.07, 6.45) is 5.31. The van der Waals surface area contributed by atoms with Crippen LogP contribution in [0.1, 0.15) is 45.4 Å². The molecule has 114 valence electrons. The summed E-state index contributed by atoms with van der Waals surface area (Å²) >= 11 is 0. The molecule has 0 radical (unpaired) electrons. The van der Waals surface area contributed by atoms with Crippen LogP contribution in [-0.4, -0.2) is 36.2 Å². The predicted molar refractivity (Wildman–Crippen MR) is 74.2 cm³/mol. The Morgan fingerprint density at radius 1 is 1.25 bits per heavy atom. The number of hydrogen-bond donors (Lipinski definition) is 2. The zero-order valence-corrected chi connectivity index (χ0v) is 12.1. The minimum Gasteiger partial charge on any atom is -0.480 e. The van der Waals surface area contributed by atoms with Gasteiger partial charge in [0.1, 0.15) is 6.04 Å². The quantitative estimate of drug-likeness (QED) is 0.747. The second-order valence-electron chi connectivity index (χ2n) is 6.04. The number of carboxylic acid groups (broad SMARTS) is 1. The van der Waals surface area contributed by atoms with Crippen LogP contribution in [0.5, 0.6) is 0 Å². The van der Waals surface area contributed by atoms with Crippen molar-refractivity contribution in [2.45, 2.75) is 51.5 Å². The fourth-order valence-electron chi connectivity index (χ4n) is 3.04. The van der Waals surface area contributed by atoms with Gasteiger partial charge in [-0.15, -0.1) is 0 Å². The summed E-state index contributed by atoms with van der Waals surface area (Å²) in [6.45, 7) is 3.41. The van der Waals surface area contributed by atoms with Gasteiger partial charge in [-0.05, 0) is 37.5 Å². The molecule has 2 fully saturated rings. The molecular weight excluding hydrogens is 258 g/mol. The number of carbonyl (C=O) groups is 2. The molecule has 1 amide bonds. The lowest BCUT2D eigenvalue weighted by Crippen LogP contribution is -2.46. The summed E-state index contributed by atoms with van der Waals surface area (Å²) in [4.78, 5) is 23.6. The van der Waals surface area contributed by atoms with Gasteiger partial charge in [0.2, 0.25) is 5.91 Å². The average molecular weight is 283 g/mol. The predicted octanol–water partition coefficient (Wildman–Crippen LogP) is 1.81. The maximum Gasteiger partial charge on any atom is 0.326 e. The molecular formula is C15H25NO4. The largest absolute Gasteiger partial charge is 0.480 e. The number of aliphatic carboxylic acids is 1. The van der Waals surface area contributed by atoms with Gasteiger partial charge in [-0.2, -0.15) is 0 Å². The second-order valence-corrected chi connectivity index (χ2v) is 6.04. The van der Waals surface area contributed by atoms with Crippen LogP contribution in [0.4, 0.5) is 0 Å². The van der Waals surface area contributed by atoms with Gasteiger partial charge in [-0.3, -0.25) is 4.79 Å². The maximum atomic E-state index is 12.4. The van der Waals surface area contributed by atoms with Gasteiger partial charge >= 0.3 is 5.97 Å². The topological polar surface area (TPSA) is 75.6 Å². The van der Waals surface area contributed by atoms with Gasteiger partial charge in [0.25, 0.3) is 0 Å². The molecule has 2 rings (SSSR count). The van der Waals surface area contributed by atoms with Crippen molar-refractivity contribution in [1.29, 1.82) is 0 Å². The Morgan fingerprint density at radius 2 is 1.90 bits per heavy atom. The monoisotopic (exact) mass is 283 g/mol. The van der Waals surface area contributed by atoms with Gasteiger partial charge in [-0.1, -0.05) is 19.8 Å². The SMILES string of the molecule is CCC(C(=O)NC(CC1CC1)C(=O)O)C1CCOCC1. The fourth-order valence-corrected chi connectivity index (χ4v) is 3.04. The number of nitrogens with one attached hydrogen (secondary N) is 1. The Kier molecular flexibility index (Phi) is 5.40. The van der Waals surface area contributed by atoms with Crippen molar-refractivity contribution < 1.29 is 19.4 Å². The lowest BCUT2D eigenvalue weighted by atomic mass is 9.83. The first-order valence-corrected chi connectivity index (χ1v) is 7.72. The third kappa shape index (κ3) is 4.20. The van der Waals surface area contributed by atoms with Crippen molar-refractivity contribution in [3.05, 3.63) is 0 Å². The summed E-state index contributed by atoms with van der Waals surface area (Å²) in [5.41, 5.74) is 0. The van der Waals surface area contributed by atoms with E-state index in [-0.39, 0.29) is 11.8 Å². The van der Waals surface area contributed by atoms with Crippen LogP contribution in [-0.2, 0) is 14.3 Å². The van der Waals surface area contributed by atoms with Crippen molar-refractivity contribution in [2.24, 2.45) is 17.8 Å². The molecule has 0 aromatic carbocycles. The van der Waals surface area contributed by atoms with Crippen LogP contribution in [0, 0.1) is 17.8 Å². The summed E-state index contributed by atoms with van der Waals surface area (Å²) in [5, 5.41) is 12.0. The third-order valence-electron chi connectivity index (χ3n) is 4.49. The molecule has 2 aliphatic rings. The van der Waals surface area contributed by atoms with Crippen molar-refractivity contribution in [1.82, 2.24) is 5.32 Å². The number of rotatable bonds is 7. The molecule has 2 N–H and O–H groups in total. The van der Waals surface area contributed by atoms with E-state index in [1.54, 1.807) is 0 Å². The molecule has 1 saturated carbocycles. The lowest BCUT2D eigenvalue weighted by molar-refractivity contribution is -0.143. The Balaban J connectivity index is 1.90. The molecule has 5 nitrogen and oxygen atoms in total. The van der Waals surface area contributed by atoms with Gasteiger partial charge in [0.05, 0.1) is 0 Å². The van der Waals surface area contributed by atoms with Crippen molar-refractivity contribution in [3.63, 3.8) is 0 Å². The first-order valence-electron chi connectivity index (χ1n) is 7.72. The third-order valence-corrected chi connectivity index (χ3v) is 4.49. The molecule has 0 aromatic heterocycles. The number of carbonyl (C=O) groups excluding carboxylic acids is 1. The first-order chi connectivity index (χ1) is 9.61. The summed E-state index contributed by atoms with van der Waals surface area (Å²) in [7, 11) is 0. The summed E-state index contributed by atoms with van der Waals surface area (Å²) < 4.78 is 5.33. The molecule has 2 unspecified atom stereocenters. The minimum absolute atomic E-state index is 0.0834. The molecule has 1 saturated heterocycles. The van der Waals surface area contributed by atoms with Crippen LogP contribution in [0.3, 0.4) is 0 Å². The minimum atomic E-state index is -0.910. The molecule has 2 atom stereocenters. The van der Waals surface area contributed by atoms with Crippen LogP contribution >= 0.6 is 0 Å². The van der Waals surface area contributed by atoms with E-state index >= 15 is 0 Å². The van der Waals surface area contributed by atoms with Gasteiger partial charge < -0.3 is 15.2 Å². The maximum absolute atomic E-state index is 12.4. The highest BCUT2D eigenvalue weighted by molar-refractivity contribution is 5.85. The van der Waals surface area contributed by atoms with E-state index in [1.807, 2.05) is 6.92 Å². The molecule has 1 heterocycles. The summed E-state index contributed by atoms with van der Waals surface area (Å²) in [6, 6.07) is -0.719. The van der Waals surface area contributed by atoms with Crippen LogP contribution in [0.25, 0.3) is 0 Å². The number of amides is 1. The Labute approximate surface area is 120 Å². The Morgan fingerprint density at radius 3 is 2.40 bits per heavy atom. The fraction of sp³-hybridized carbons (Fsp3) is 0.867. The number of carboxylic acids is 1. The van der Waals surface area contributed by atoms with Crippen LogP contribution < -0.4 is 5.32 Å². The highest BCUT2D eigenvalue weighted by Crippen LogP contribution is 2.34. The van der Waals surface area contributed by atoms with E-state index in [9.17, 15) is 14.7 Å². The second kappa shape index (κ2) is 7.07. The van der Waals surface area contributed by atoms with E-state index < -0.39 is 12.0 Å². The molecule has 5 heteroatoms. The van der Waals surface area contributed by atoms with Gasteiger partial charge in [0.15, 0.2) is 0 Å². The molecule has 0 bridgehead atoms. The first kappa shape index (κ1) is 15.3. The van der Waals surface area contributed by atoms with Crippen molar-refractivity contribution >= 4 is 11.9 Å². The smallest absolute Gasteiger partial charge is 0.326 e. The van der Waals surface area contributed by atoms with E-state index in [1.165, 1.54) is 0 Å². The Bertz CT molecular complexity index is 348. The standard InChI is InChI=1S/C15H25NO4/c1-2-12(11-5-7-20-8-6-11)14(17)16-13(15(18)19)9-10-3-4-10/h10-13H,2-9H2,1H3,(H,16,17)(H,18,19). The normalized spacial score (nSPS) is 23.1. The number of hydrogen-bond acceptors (Lipinski definition) is 3. The molecule has 1 aliphatic carbocycles. The highest BCUT2D eigenvalue weighted by Gasteiger charge is 2.34. The van der Waals surface area contributed by atoms with E-state index in [2.05, 4.69) is 5.32 Å². The molecule has 20 heavy (non-hydrogen) atoms. The average Bonchev–Trinajstić information content (AvgIpc) is 3.24. The van der Waals surface area contributed by atoms with Gasteiger partial charge in [-0.25, -0.2) is 4.79 Å². The van der Waals surface area contributed by atoms with Crippen LogP contribution in [0.2, 0.25) is 0 Å². The molecule has 0 aromatic rings. The zero-order valence-electron chi connectivity index (χ0n) is 12.1. The lowest BCUT2D eigenvalue weighted by Gasteiger charge is -2.29. The van der Waals surface area contributed by atoms with Crippen LogP contribution in [0.15, 0.2) is 0 Å². The Hall–Kier alpha value is -1.10. The van der Waals surface area contributed by atoms with E-state index in [4.69, 9.17) is 4.74 Å². The molecule has 0 spiro atoms. The van der Waals surface area contributed by atoms with Crippen molar-refractivity contribution in [2.75, 3.05) is 13.2 Å².